The number of rotatable bonds is 7. The van der Waals surface area contributed by atoms with Crippen LogP contribution in [0.15, 0.2) is 54.7 Å². The molecule has 2 saturated heterocycles. The van der Waals surface area contributed by atoms with E-state index in [0.717, 1.165) is 56.6 Å². The maximum absolute atomic E-state index is 5.91. The second-order valence-electron chi connectivity index (χ2n) is 9.58. The third-order valence-electron chi connectivity index (χ3n) is 7.32. The van der Waals surface area contributed by atoms with Crippen LogP contribution < -0.4 is 5.32 Å². The number of para-hydroxylation sites is 1. The van der Waals surface area contributed by atoms with Crippen molar-refractivity contribution in [3.8, 4) is 5.69 Å². The van der Waals surface area contributed by atoms with Crippen molar-refractivity contribution in [2.75, 3.05) is 39.4 Å². The molecule has 0 aliphatic carbocycles. The molecule has 4 heterocycles. The number of aryl methyl sites for hydroxylation is 2. The lowest BCUT2D eigenvalue weighted by Crippen LogP contribution is -2.39. The Labute approximate surface area is 213 Å². The highest BCUT2D eigenvalue weighted by molar-refractivity contribution is 7.80. The van der Waals surface area contributed by atoms with E-state index in [2.05, 4.69) is 82.9 Å². The minimum atomic E-state index is 0.0120. The van der Waals surface area contributed by atoms with Gasteiger partial charge in [0.2, 0.25) is 0 Å². The maximum atomic E-state index is 5.91. The van der Waals surface area contributed by atoms with Crippen LogP contribution in [-0.4, -0.2) is 63.9 Å². The smallest absolute Gasteiger partial charge is 0.170 e. The minimum absolute atomic E-state index is 0.0120. The van der Waals surface area contributed by atoms with Crippen molar-refractivity contribution in [1.82, 2.24) is 24.7 Å². The number of ether oxygens (including phenoxy) is 1. The number of thiocarbonyl (C=S) groups is 1. The van der Waals surface area contributed by atoms with E-state index >= 15 is 0 Å². The van der Waals surface area contributed by atoms with Gasteiger partial charge in [-0.2, -0.15) is 0 Å². The Morgan fingerprint density at radius 2 is 1.80 bits per heavy atom. The summed E-state index contributed by atoms with van der Waals surface area (Å²) in [5.74, 6) is 0. The van der Waals surface area contributed by atoms with Gasteiger partial charge in [0.25, 0.3) is 0 Å². The number of nitrogens with one attached hydrogen (secondary N) is 1. The molecule has 184 valence electrons. The largest absolute Gasteiger partial charge is 0.379 e. The fraction of sp³-hybridized carbons (Fsp3) is 0.429. The van der Waals surface area contributed by atoms with Crippen LogP contribution in [0.5, 0.6) is 0 Å². The van der Waals surface area contributed by atoms with Crippen molar-refractivity contribution >= 4 is 17.3 Å². The highest BCUT2D eigenvalue weighted by atomic mass is 32.1. The molecule has 1 N–H and O–H groups in total. The molecule has 5 rings (SSSR count). The molecule has 6 nitrogen and oxygen atoms in total. The third-order valence-corrected chi connectivity index (χ3v) is 7.67. The molecular weight excluding hydrogens is 454 g/mol. The second-order valence-corrected chi connectivity index (χ2v) is 9.96. The van der Waals surface area contributed by atoms with Crippen molar-refractivity contribution in [3.05, 3.63) is 82.9 Å². The second kappa shape index (κ2) is 10.5. The van der Waals surface area contributed by atoms with Gasteiger partial charge in [-0.25, -0.2) is 0 Å². The van der Waals surface area contributed by atoms with Crippen LogP contribution in [0.1, 0.15) is 46.7 Å². The lowest BCUT2D eigenvalue weighted by molar-refractivity contribution is 0.0365. The summed E-state index contributed by atoms with van der Waals surface area (Å²) in [6, 6.07) is 17.2. The molecule has 2 fully saturated rings. The van der Waals surface area contributed by atoms with Crippen molar-refractivity contribution in [2.24, 2.45) is 0 Å². The Morgan fingerprint density at radius 3 is 2.54 bits per heavy atom. The van der Waals surface area contributed by atoms with Crippen LogP contribution in [0.2, 0.25) is 0 Å². The number of nitrogens with zero attached hydrogens (tertiary/aromatic N) is 4. The molecule has 1 aromatic carbocycles. The van der Waals surface area contributed by atoms with Gasteiger partial charge in [-0.3, -0.25) is 9.88 Å². The predicted molar refractivity (Wildman–Crippen MR) is 144 cm³/mol. The summed E-state index contributed by atoms with van der Waals surface area (Å²) in [5, 5.41) is 4.43. The van der Waals surface area contributed by atoms with E-state index in [1.807, 2.05) is 12.3 Å². The number of pyridine rings is 1. The highest BCUT2D eigenvalue weighted by Crippen LogP contribution is 2.41. The molecule has 2 atom stereocenters. The molecular formula is C28H35N5OS. The van der Waals surface area contributed by atoms with Crippen molar-refractivity contribution in [1.29, 1.82) is 0 Å². The Morgan fingerprint density at radius 1 is 1.03 bits per heavy atom. The average Bonchev–Trinajstić information content (AvgIpc) is 3.35. The van der Waals surface area contributed by atoms with Crippen LogP contribution >= 0.6 is 12.2 Å². The summed E-state index contributed by atoms with van der Waals surface area (Å²) in [6.07, 6.45) is 2.93. The predicted octanol–water partition coefficient (Wildman–Crippen LogP) is 4.49. The maximum Gasteiger partial charge on any atom is 0.170 e. The standard InChI is InChI=1S/C28H35N5OS/c1-20-9-4-5-11-25(20)33-21(2)19-23(22(33)3)27-26(24-10-6-7-12-29-24)30-28(35)32(27)14-8-13-31-15-17-34-18-16-31/h4-7,9-12,19,26-27H,8,13-18H2,1-3H3,(H,30,35)/t26-,27-/m1/s1. The van der Waals surface area contributed by atoms with E-state index < -0.39 is 0 Å². The van der Waals surface area contributed by atoms with Gasteiger partial charge in [0.05, 0.1) is 31.0 Å². The Balaban J connectivity index is 1.48. The summed E-state index contributed by atoms with van der Waals surface area (Å²) in [7, 11) is 0. The van der Waals surface area contributed by atoms with Crippen molar-refractivity contribution < 1.29 is 4.74 Å². The van der Waals surface area contributed by atoms with Crippen LogP contribution in [0.3, 0.4) is 0 Å². The van der Waals surface area contributed by atoms with E-state index in [9.17, 15) is 0 Å². The van der Waals surface area contributed by atoms with Crippen LogP contribution in [0.4, 0.5) is 0 Å². The van der Waals surface area contributed by atoms with E-state index in [1.54, 1.807) is 0 Å². The van der Waals surface area contributed by atoms with Crippen LogP contribution in [0, 0.1) is 20.8 Å². The van der Waals surface area contributed by atoms with Gasteiger partial charge in [0.1, 0.15) is 0 Å². The van der Waals surface area contributed by atoms with E-state index in [4.69, 9.17) is 21.9 Å². The molecule has 0 unspecified atom stereocenters. The van der Waals surface area contributed by atoms with Gasteiger partial charge < -0.3 is 19.5 Å². The Bertz CT molecular complexity index is 1170. The van der Waals surface area contributed by atoms with Gasteiger partial charge >= 0.3 is 0 Å². The third kappa shape index (κ3) is 4.85. The van der Waals surface area contributed by atoms with Gasteiger partial charge in [0, 0.05) is 49.5 Å². The van der Waals surface area contributed by atoms with E-state index in [0.29, 0.717) is 0 Å². The van der Waals surface area contributed by atoms with E-state index in [1.165, 1.54) is 28.2 Å². The number of aromatic nitrogens is 2. The Hall–Kier alpha value is -2.74. The molecule has 2 aromatic heterocycles. The molecule has 2 aliphatic rings. The first-order chi connectivity index (χ1) is 17.0. The first-order valence-corrected chi connectivity index (χ1v) is 13.0. The highest BCUT2D eigenvalue weighted by Gasteiger charge is 2.41. The first kappa shape index (κ1) is 24.0. The van der Waals surface area contributed by atoms with Gasteiger partial charge in [-0.1, -0.05) is 24.3 Å². The normalized spacial score (nSPS) is 20.9. The molecule has 0 saturated carbocycles. The number of hydrogen-bond acceptors (Lipinski definition) is 4. The zero-order valence-corrected chi connectivity index (χ0v) is 21.7. The van der Waals surface area contributed by atoms with Gasteiger partial charge in [-0.15, -0.1) is 0 Å². The van der Waals surface area contributed by atoms with Crippen LogP contribution in [0.25, 0.3) is 5.69 Å². The summed E-state index contributed by atoms with van der Waals surface area (Å²) >= 11 is 5.91. The zero-order valence-electron chi connectivity index (χ0n) is 20.9. The molecule has 2 aliphatic heterocycles. The topological polar surface area (TPSA) is 45.6 Å². The molecule has 3 aromatic rings. The summed E-state index contributed by atoms with van der Waals surface area (Å²) < 4.78 is 7.90. The van der Waals surface area contributed by atoms with Crippen molar-refractivity contribution in [2.45, 2.75) is 39.3 Å². The quantitative estimate of drug-likeness (QED) is 0.494. The SMILES string of the molecule is Cc1ccccc1-n1c(C)cc([C@@H]2[C@@H](c3ccccn3)NC(=S)N2CCCN2CCOCC2)c1C. The van der Waals surface area contributed by atoms with Gasteiger partial charge in [-0.05, 0) is 74.8 Å². The number of morpholine rings is 1. The van der Waals surface area contributed by atoms with Gasteiger partial charge in [0.15, 0.2) is 5.11 Å². The van der Waals surface area contributed by atoms with E-state index in [-0.39, 0.29) is 12.1 Å². The lowest BCUT2D eigenvalue weighted by Gasteiger charge is -2.30. The molecule has 35 heavy (non-hydrogen) atoms. The summed E-state index contributed by atoms with van der Waals surface area (Å²) in [6.45, 7) is 12.3. The summed E-state index contributed by atoms with van der Waals surface area (Å²) in [4.78, 5) is 9.59. The zero-order chi connectivity index (χ0) is 24.4. The fourth-order valence-corrected chi connectivity index (χ4v) is 5.88. The Kier molecular flexibility index (Phi) is 7.18. The lowest BCUT2D eigenvalue weighted by atomic mass is 9.96. The molecule has 0 radical (unpaired) electrons. The molecule has 0 spiro atoms. The van der Waals surface area contributed by atoms with Crippen LogP contribution in [-0.2, 0) is 4.74 Å². The monoisotopic (exact) mass is 489 g/mol. The molecule has 0 amide bonds. The molecule has 7 heteroatoms. The minimum Gasteiger partial charge on any atom is -0.379 e. The fourth-order valence-electron chi connectivity index (χ4n) is 5.55. The summed E-state index contributed by atoms with van der Waals surface area (Å²) in [5.41, 5.74) is 7.32. The number of hydrogen-bond donors (Lipinski definition) is 1. The average molecular weight is 490 g/mol. The molecule has 0 bridgehead atoms. The van der Waals surface area contributed by atoms with Crippen molar-refractivity contribution in [3.63, 3.8) is 0 Å². The number of benzene rings is 1. The first-order valence-electron chi connectivity index (χ1n) is 12.6.